The van der Waals surface area contributed by atoms with Crippen LogP contribution in [0.2, 0.25) is 0 Å². The molecule has 7 heteroatoms. The van der Waals surface area contributed by atoms with Gasteiger partial charge in [-0.15, -0.1) is 0 Å². The number of hydrogen-bond donors (Lipinski definition) is 1. The van der Waals surface area contributed by atoms with Crippen LogP contribution in [0.5, 0.6) is 0 Å². The molecule has 24 heavy (non-hydrogen) atoms. The first-order chi connectivity index (χ1) is 11.6. The molecule has 0 bridgehead atoms. The van der Waals surface area contributed by atoms with Crippen LogP contribution in [-0.2, 0) is 4.74 Å². The van der Waals surface area contributed by atoms with Crippen LogP contribution in [0.25, 0.3) is 23.2 Å². The van der Waals surface area contributed by atoms with Gasteiger partial charge in [0.1, 0.15) is 11.3 Å². The van der Waals surface area contributed by atoms with Gasteiger partial charge in [-0.2, -0.15) is 0 Å². The maximum absolute atomic E-state index is 11.5. The number of aromatic nitrogens is 2. The fraction of sp³-hybridized carbons (Fsp3) is 0.0588. The Morgan fingerprint density at radius 1 is 1.25 bits per heavy atom. The molecule has 0 amide bonds. The van der Waals surface area contributed by atoms with Gasteiger partial charge in [0, 0.05) is 23.7 Å². The summed E-state index contributed by atoms with van der Waals surface area (Å²) in [7, 11) is 1.31. The minimum atomic E-state index is -0.457. The van der Waals surface area contributed by atoms with Gasteiger partial charge in [-0.25, -0.2) is 9.78 Å². The van der Waals surface area contributed by atoms with Gasteiger partial charge < -0.3 is 9.72 Å². The Labute approximate surface area is 136 Å². The Bertz CT molecular complexity index is 959. The number of rotatable bonds is 4. The molecule has 1 N–H and O–H groups in total. The highest BCUT2D eigenvalue weighted by Crippen LogP contribution is 2.18. The summed E-state index contributed by atoms with van der Waals surface area (Å²) in [5.41, 5.74) is 2.49. The van der Waals surface area contributed by atoms with Crippen LogP contribution < -0.4 is 0 Å². The van der Waals surface area contributed by atoms with E-state index in [1.807, 2.05) is 6.07 Å². The molecule has 0 saturated carbocycles. The van der Waals surface area contributed by atoms with Crippen LogP contribution in [0.3, 0.4) is 0 Å². The van der Waals surface area contributed by atoms with Gasteiger partial charge in [-0.3, -0.25) is 10.1 Å². The molecule has 3 aromatic rings. The second kappa shape index (κ2) is 6.33. The Hall–Kier alpha value is -3.48. The van der Waals surface area contributed by atoms with Crippen LogP contribution in [0.15, 0.2) is 42.6 Å². The number of hydrogen-bond acceptors (Lipinski definition) is 5. The third-order valence-electron chi connectivity index (χ3n) is 3.45. The van der Waals surface area contributed by atoms with Crippen LogP contribution in [0.1, 0.15) is 21.6 Å². The molecule has 1 aromatic carbocycles. The molecule has 0 fully saturated rings. The molecule has 0 spiro atoms. The van der Waals surface area contributed by atoms with Crippen molar-refractivity contribution in [3.05, 3.63) is 69.5 Å². The van der Waals surface area contributed by atoms with Crippen LogP contribution in [-0.4, -0.2) is 28.0 Å². The Kier molecular flexibility index (Phi) is 4.07. The van der Waals surface area contributed by atoms with Gasteiger partial charge in [-0.1, -0.05) is 24.3 Å². The number of carbonyl (C=O) groups is 1. The number of nitrogens with zero attached hydrogens (tertiary/aromatic N) is 2. The van der Waals surface area contributed by atoms with Gasteiger partial charge in [0.05, 0.1) is 12.0 Å². The molecule has 0 aliphatic rings. The summed E-state index contributed by atoms with van der Waals surface area (Å²) in [6.45, 7) is 0. The van der Waals surface area contributed by atoms with Crippen molar-refractivity contribution in [2.24, 2.45) is 0 Å². The van der Waals surface area contributed by atoms with E-state index in [9.17, 15) is 14.9 Å². The molecular formula is C17H13N3O4. The minimum absolute atomic E-state index is 0.0408. The predicted octanol–water partition coefficient (Wildman–Crippen LogP) is 3.43. The van der Waals surface area contributed by atoms with Crippen molar-refractivity contribution < 1.29 is 14.5 Å². The van der Waals surface area contributed by atoms with Crippen LogP contribution in [0, 0.1) is 10.1 Å². The van der Waals surface area contributed by atoms with E-state index in [0.29, 0.717) is 16.9 Å². The number of fused-ring (bicyclic) bond motifs is 1. The molecule has 120 valence electrons. The van der Waals surface area contributed by atoms with Crippen molar-refractivity contribution in [2.45, 2.75) is 0 Å². The SMILES string of the molecule is COC(=O)c1cc2cc(/C=C/c3cccc([N+](=O)[O-])c3)cnc2[nH]1. The first-order valence-corrected chi connectivity index (χ1v) is 7.06. The molecule has 0 atom stereocenters. The number of aromatic amines is 1. The lowest BCUT2D eigenvalue weighted by atomic mass is 10.1. The third kappa shape index (κ3) is 3.14. The van der Waals surface area contributed by atoms with Gasteiger partial charge in [0.15, 0.2) is 0 Å². The zero-order valence-electron chi connectivity index (χ0n) is 12.7. The fourth-order valence-corrected chi connectivity index (χ4v) is 2.28. The lowest BCUT2D eigenvalue weighted by molar-refractivity contribution is -0.384. The Balaban J connectivity index is 1.88. The molecule has 0 saturated heterocycles. The molecule has 0 unspecified atom stereocenters. The third-order valence-corrected chi connectivity index (χ3v) is 3.45. The van der Waals surface area contributed by atoms with E-state index >= 15 is 0 Å². The molecule has 0 aliphatic heterocycles. The maximum Gasteiger partial charge on any atom is 0.354 e. The summed E-state index contributed by atoms with van der Waals surface area (Å²) >= 11 is 0. The average Bonchev–Trinajstić information content (AvgIpc) is 3.02. The summed E-state index contributed by atoms with van der Waals surface area (Å²) in [6, 6.07) is 9.88. The van der Waals surface area contributed by atoms with E-state index in [1.165, 1.54) is 19.2 Å². The number of methoxy groups -OCH3 is 1. The first kappa shape index (κ1) is 15.4. The summed E-state index contributed by atoms with van der Waals surface area (Å²) in [6.07, 6.45) is 5.22. The number of esters is 1. The maximum atomic E-state index is 11.5. The number of pyridine rings is 1. The van der Waals surface area contributed by atoms with E-state index in [1.54, 1.807) is 36.5 Å². The quantitative estimate of drug-likeness (QED) is 0.450. The molecule has 0 aliphatic carbocycles. The summed E-state index contributed by atoms with van der Waals surface area (Å²) in [5.74, 6) is -0.457. The zero-order chi connectivity index (χ0) is 17.1. The minimum Gasteiger partial charge on any atom is -0.464 e. The molecule has 0 radical (unpaired) electrons. The van der Waals surface area contributed by atoms with E-state index in [0.717, 1.165) is 10.9 Å². The lowest BCUT2D eigenvalue weighted by Crippen LogP contribution is -2.00. The second-order valence-corrected chi connectivity index (χ2v) is 5.07. The van der Waals surface area contributed by atoms with Crippen LogP contribution in [0.4, 0.5) is 5.69 Å². The number of nitrogens with one attached hydrogen (secondary N) is 1. The summed E-state index contributed by atoms with van der Waals surface area (Å²) < 4.78 is 4.66. The van der Waals surface area contributed by atoms with E-state index < -0.39 is 10.9 Å². The standard InChI is InChI=1S/C17H13N3O4/c1-24-17(21)15-9-13-7-12(10-18-16(13)19-15)6-5-11-3-2-4-14(8-11)20(22)23/h2-10H,1H3,(H,18,19)/b6-5+. The number of nitro benzene ring substituents is 1. The topological polar surface area (TPSA) is 98.1 Å². The predicted molar refractivity (Wildman–Crippen MR) is 89.5 cm³/mol. The zero-order valence-corrected chi connectivity index (χ0v) is 12.7. The van der Waals surface area contributed by atoms with Gasteiger partial charge in [-0.05, 0) is 23.3 Å². The highest BCUT2D eigenvalue weighted by atomic mass is 16.6. The van der Waals surface area contributed by atoms with E-state index in [2.05, 4.69) is 14.7 Å². The fourth-order valence-electron chi connectivity index (χ4n) is 2.28. The monoisotopic (exact) mass is 323 g/mol. The van der Waals surface area contributed by atoms with Crippen molar-refractivity contribution in [3.63, 3.8) is 0 Å². The van der Waals surface area contributed by atoms with Gasteiger partial charge in [0.25, 0.3) is 5.69 Å². The smallest absolute Gasteiger partial charge is 0.354 e. The number of ether oxygens (including phenoxy) is 1. The number of benzene rings is 1. The van der Waals surface area contributed by atoms with Gasteiger partial charge >= 0.3 is 5.97 Å². The van der Waals surface area contributed by atoms with Crippen molar-refractivity contribution in [3.8, 4) is 0 Å². The number of H-pyrrole nitrogens is 1. The second-order valence-electron chi connectivity index (χ2n) is 5.07. The van der Waals surface area contributed by atoms with E-state index in [-0.39, 0.29) is 5.69 Å². The summed E-state index contributed by atoms with van der Waals surface area (Å²) in [4.78, 5) is 29.0. The molecule has 2 aromatic heterocycles. The molecule has 7 nitrogen and oxygen atoms in total. The van der Waals surface area contributed by atoms with Crippen molar-refractivity contribution in [2.75, 3.05) is 7.11 Å². The average molecular weight is 323 g/mol. The molecule has 3 rings (SSSR count). The first-order valence-electron chi connectivity index (χ1n) is 7.06. The largest absolute Gasteiger partial charge is 0.464 e. The van der Waals surface area contributed by atoms with Crippen molar-refractivity contribution >= 4 is 34.8 Å². The molecule has 2 heterocycles. The van der Waals surface area contributed by atoms with Crippen molar-refractivity contribution in [1.29, 1.82) is 0 Å². The highest BCUT2D eigenvalue weighted by molar-refractivity contribution is 5.94. The number of carbonyl (C=O) groups excluding carboxylic acids is 1. The Morgan fingerprint density at radius 3 is 2.79 bits per heavy atom. The summed E-state index contributed by atoms with van der Waals surface area (Å²) in [5, 5.41) is 11.6. The Morgan fingerprint density at radius 2 is 2.04 bits per heavy atom. The number of non-ortho nitro benzene ring substituents is 1. The highest BCUT2D eigenvalue weighted by Gasteiger charge is 2.10. The van der Waals surface area contributed by atoms with Gasteiger partial charge in [0.2, 0.25) is 0 Å². The lowest BCUT2D eigenvalue weighted by Gasteiger charge is -1.96. The van der Waals surface area contributed by atoms with E-state index in [4.69, 9.17) is 0 Å². The normalized spacial score (nSPS) is 11.0. The molecular weight excluding hydrogens is 310 g/mol. The van der Waals surface area contributed by atoms with Crippen LogP contribution >= 0.6 is 0 Å². The number of nitro groups is 1. The van der Waals surface area contributed by atoms with Crippen molar-refractivity contribution in [1.82, 2.24) is 9.97 Å².